The van der Waals surface area contributed by atoms with Crippen molar-refractivity contribution in [3.05, 3.63) is 5.82 Å². The molecule has 5 nitrogen and oxygen atoms in total. The van der Waals surface area contributed by atoms with Crippen LogP contribution in [0.3, 0.4) is 0 Å². The maximum Gasteiger partial charge on any atom is 0.390 e. The molecule has 1 aromatic heterocycles. The molecular weight excluding hydrogens is 295 g/mol. The fourth-order valence-electron chi connectivity index (χ4n) is 1.43. The predicted molar refractivity (Wildman–Crippen MR) is 70.0 cm³/mol. The van der Waals surface area contributed by atoms with Crippen molar-refractivity contribution in [2.45, 2.75) is 38.5 Å². The Kier molecular flexibility index (Phi) is 6.15. The van der Waals surface area contributed by atoms with Crippen LogP contribution < -0.4 is 4.90 Å². The van der Waals surface area contributed by atoms with Crippen LogP contribution in [0.4, 0.5) is 18.3 Å². The molecule has 0 amide bonds. The molecule has 0 radical (unpaired) electrons. The molecule has 0 unspecified atom stereocenters. The van der Waals surface area contributed by atoms with Crippen molar-refractivity contribution in [1.82, 2.24) is 9.36 Å². The molecule has 9 heteroatoms. The van der Waals surface area contributed by atoms with Crippen LogP contribution in [0.5, 0.6) is 0 Å². The van der Waals surface area contributed by atoms with E-state index in [-0.39, 0.29) is 19.0 Å². The van der Waals surface area contributed by atoms with E-state index in [1.807, 2.05) is 13.8 Å². The Balaban J connectivity index is 2.79. The average molecular weight is 313 g/mol. The zero-order chi connectivity index (χ0) is 15.3. The minimum Gasteiger partial charge on any atom is -0.394 e. The van der Waals surface area contributed by atoms with Gasteiger partial charge >= 0.3 is 6.18 Å². The molecular formula is C11H18F3N3O2S. The molecule has 0 spiro atoms. The van der Waals surface area contributed by atoms with E-state index in [9.17, 15) is 18.3 Å². The van der Waals surface area contributed by atoms with Gasteiger partial charge in [-0.3, -0.25) is 0 Å². The van der Waals surface area contributed by atoms with Crippen molar-refractivity contribution < 1.29 is 23.4 Å². The lowest BCUT2D eigenvalue weighted by Gasteiger charge is -2.24. The average Bonchev–Trinajstić information content (AvgIpc) is 2.82. The quantitative estimate of drug-likeness (QED) is 0.803. The summed E-state index contributed by atoms with van der Waals surface area (Å²) < 4.78 is 41.0. The Hall–Kier alpha value is -0.930. The van der Waals surface area contributed by atoms with Gasteiger partial charge in [-0.05, 0) is 0 Å². The van der Waals surface area contributed by atoms with E-state index < -0.39 is 25.3 Å². The van der Waals surface area contributed by atoms with E-state index >= 15 is 0 Å². The number of aromatic nitrogens is 2. The summed E-state index contributed by atoms with van der Waals surface area (Å²) in [5.41, 5.74) is 0. The van der Waals surface area contributed by atoms with Crippen molar-refractivity contribution >= 4 is 16.7 Å². The summed E-state index contributed by atoms with van der Waals surface area (Å²) in [5.74, 6) is 0.632. The zero-order valence-electron chi connectivity index (χ0n) is 11.3. The first-order valence-corrected chi connectivity index (χ1v) is 6.94. The lowest BCUT2D eigenvalue weighted by atomic mass is 10.2. The van der Waals surface area contributed by atoms with Crippen molar-refractivity contribution in [3.63, 3.8) is 0 Å². The van der Waals surface area contributed by atoms with Crippen LogP contribution in [0.2, 0.25) is 0 Å². The SMILES string of the molecule is CC(C)c1nsc(N(CCC(F)(F)F)C[C@H](O)CO)n1. The van der Waals surface area contributed by atoms with Gasteiger partial charge in [-0.2, -0.15) is 17.5 Å². The van der Waals surface area contributed by atoms with Crippen molar-refractivity contribution in [1.29, 1.82) is 0 Å². The summed E-state index contributed by atoms with van der Waals surface area (Å²) in [6.45, 7) is 2.81. The highest BCUT2D eigenvalue weighted by Crippen LogP contribution is 2.25. The van der Waals surface area contributed by atoms with Gasteiger partial charge in [0.1, 0.15) is 5.82 Å². The number of anilines is 1. The van der Waals surface area contributed by atoms with Crippen LogP contribution in [-0.4, -0.2) is 51.5 Å². The lowest BCUT2D eigenvalue weighted by molar-refractivity contribution is -0.132. The second-order valence-electron chi connectivity index (χ2n) is 4.74. The molecule has 1 atom stereocenters. The zero-order valence-corrected chi connectivity index (χ0v) is 12.1. The smallest absolute Gasteiger partial charge is 0.390 e. The molecule has 0 aliphatic carbocycles. The van der Waals surface area contributed by atoms with Crippen molar-refractivity contribution in [2.75, 3.05) is 24.6 Å². The highest BCUT2D eigenvalue weighted by atomic mass is 32.1. The third-order valence-corrected chi connectivity index (χ3v) is 3.32. The molecule has 0 aliphatic rings. The van der Waals surface area contributed by atoms with E-state index in [0.29, 0.717) is 11.0 Å². The fourth-order valence-corrected chi connectivity index (χ4v) is 2.27. The number of hydrogen-bond donors (Lipinski definition) is 2. The second kappa shape index (κ2) is 7.19. The van der Waals surface area contributed by atoms with Gasteiger partial charge in [0.15, 0.2) is 0 Å². The number of aliphatic hydroxyl groups is 2. The van der Waals surface area contributed by atoms with Crippen molar-refractivity contribution in [2.24, 2.45) is 0 Å². The Bertz CT molecular complexity index is 412. The third-order valence-electron chi connectivity index (χ3n) is 2.53. The Morgan fingerprint density at radius 2 is 2.00 bits per heavy atom. The van der Waals surface area contributed by atoms with Gasteiger partial charge in [0.25, 0.3) is 0 Å². The van der Waals surface area contributed by atoms with Crippen LogP contribution >= 0.6 is 11.5 Å². The molecule has 0 aromatic carbocycles. The molecule has 0 saturated carbocycles. The van der Waals surface area contributed by atoms with Gasteiger partial charge < -0.3 is 15.1 Å². The Morgan fingerprint density at radius 1 is 1.35 bits per heavy atom. The summed E-state index contributed by atoms with van der Waals surface area (Å²) in [5, 5.41) is 18.6. The highest BCUT2D eigenvalue weighted by molar-refractivity contribution is 7.09. The topological polar surface area (TPSA) is 69.5 Å². The highest BCUT2D eigenvalue weighted by Gasteiger charge is 2.29. The minimum absolute atomic E-state index is 0.0761. The van der Waals surface area contributed by atoms with Gasteiger partial charge in [-0.1, -0.05) is 13.8 Å². The van der Waals surface area contributed by atoms with E-state index in [1.165, 1.54) is 4.90 Å². The molecule has 0 saturated heterocycles. The number of alkyl halides is 3. The van der Waals surface area contributed by atoms with E-state index in [2.05, 4.69) is 9.36 Å². The van der Waals surface area contributed by atoms with E-state index in [0.717, 1.165) is 11.5 Å². The first kappa shape index (κ1) is 17.1. The summed E-state index contributed by atoms with van der Waals surface area (Å²) in [7, 11) is 0. The summed E-state index contributed by atoms with van der Waals surface area (Å²) >= 11 is 0.994. The first-order chi connectivity index (χ1) is 9.23. The number of hydrogen-bond acceptors (Lipinski definition) is 6. The summed E-state index contributed by atoms with van der Waals surface area (Å²) in [6, 6.07) is 0. The normalized spacial score (nSPS) is 13.8. The lowest BCUT2D eigenvalue weighted by Crippen LogP contribution is -2.36. The molecule has 0 bridgehead atoms. The molecule has 2 N–H and O–H groups in total. The van der Waals surface area contributed by atoms with Crippen LogP contribution in [0.25, 0.3) is 0 Å². The molecule has 0 fully saturated rings. The van der Waals surface area contributed by atoms with Crippen LogP contribution in [0.15, 0.2) is 0 Å². The first-order valence-electron chi connectivity index (χ1n) is 6.17. The minimum atomic E-state index is -4.28. The molecule has 116 valence electrons. The third kappa shape index (κ3) is 5.59. The molecule has 20 heavy (non-hydrogen) atoms. The monoisotopic (exact) mass is 313 g/mol. The maximum absolute atomic E-state index is 12.3. The standard InChI is InChI=1S/C11H18F3N3O2S/c1-7(2)9-15-10(20-16-9)17(5-8(19)6-18)4-3-11(12,13)14/h7-8,18-19H,3-6H2,1-2H3/t8-/m0/s1. The maximum atomic E-state index is 12.3. The van der Waals surface area contributed by atoms with E-state index in [1.54, 1.807) is 0 Å². The number of aliphatic hydroxyl groups excluding tert-OH is 2. The van der Waals surface area contributed by atoms with Crippen LogP contribution in [0.1, 0.15) is 32.0 Å². The van der Waals surface area contributed by atoms with Gasteiger partial charge in [0.2, 0.25) is 5.13 Å². The summed E-state index contributed by atoms with van der Waals surface area (Å²) in [6.07, 6.45) is -6.41. The van der Waals surface area contributed by atoms with Crippen molar-refractivity contribution in [3.8, 4) is 0 Å². The Labute approximate surface area is 119 Å². The van der Waals surface area contributed by atoms with Crippen LogP contribution in [0, 0.1) is 0 Å². The number of nitrogens with zero attached hydrogens (tertiary/aromatic N) is 3. The van der Waals surface area contributed by atoms with Gasteiger partial charge in [0.05, 0.1) is 19.1 Å². The second-order valence-corrected chi connectivity index (χ2v) is 5.47. The number of halogens is 3. The predicted octanol–water partition coefficient (Wildman–Crippen LogP) is 1.77. The van der Waals surface area contributed by atoms with Crippen LogP contribution in [-0.2, 0) is 0 Å². The van der Waals surface area contributed by atoms with Gasteiger partial charge in [-0.25, -0.2) is 4.98 Å². The largest absolute Gasteiger partial charge is 0.394 e. The molecule has 1 aromatic rings. The molecule has 0 aliphatic heterocycles. The Morgan fingerprint density at radius 3 is 2.45 bits per heavy atom. The number of rotatable bonds is 7. The van der Waals surface area contributed by atoms with E-state index in [4.69, 9.17) is 5.11 Å². The summed E-state index contributed by atoms with van der Waals surface area (Å²) in [4.78, 5) is 5.47. The van der Waals surface area contributed by atoms with Gasteiger partial charge in [-0.15, -0.1) is 0 Å². The molecule has 1 rings (SSSR count). The fraction of sp³-hybridized carbons (Fsp3) is 0.818. The van der Waals surface area contributed by atoms with Gasteiger partial charge in [0, 0.05) is 30.5 Å². The molecule has 1 heterocycles.